The van der Waals surface area contributed by atoms with E-state index in [0.717, 1.165) is 31.5 Å². The second kappa shape index (κ2) is 8.09. The van der Waals surface area contributed by atoms with Crippen molar-refractivity contribution in [1.29, 1.82) is 0 Å². The van der Waals surface area contributed by atoms with Gasteiger partial charge in [-0.1, -0.05) is 36.4 Å². The van der Waals surface area contributed by atoms with Crippen molar-refractivity contribution in [2.75, 3.05) is 6.54 Å². The molecular formula is C20H22N6O. The lowest BCUT2D eigenvalue weighted by Crippen LogP contribution is -2.42. The van der Waals surface area contributed by atoms with Crippen molar-refractivity contribution in [1.82, 2.24) is 30.0 Å². The monoisotopic (exact) mass is 362 g/mol. The Labute approximate surface area is 158 Å². The maximum Gasteiger partial charge on any atom is 0.237 e. The molecule has 0 radical (unpaired) electrons. The second-order valence-electron chi connectivity index (χ2n) is 6.66. The molecule has 27 heavy (non-hydrogen) atoms. The van der Waals surface area contributed by atoms with Gasteiger partial charge in [-0.25, -0.2) is 14.6 Å². The molecule has 0 bridgehead atoms. The number of nitrogens with one attached hydrogen (secondary N) is 1. The van der Waals surface area contributed by atoms with Gasteiger partial charge in [0.2, 0.25) is 5.91 Å². The van der Waals surface area contributed by atoms with Crippen molar-refractivity contribution in [2.45, 2.75) is 32.0 Å². The van der Waals surface area contributed by atoms with E-state index in [2.05, 4.69) is 37.4 Å². The fourth-order valence-corrected chi connectivity index (χ4v) is 3.52. The number of amides is 1. The van der Waals surface area contributed by atoms with Gasteiger partial charge in [-0.2, -0.15) is 5.10 Å². The smallest absolute Gasteiger partial charge is 0.237 e. The molecular weight excluding hydrogens is 340 g/mol. The fourth-order valence-electron chi connectivity index (χ4n) is 3.52. The molecule has 0 spiro atoms. The second-order valence-corrected chi connectivity index (χ2v) is 6.66. The SMILES string of the molecule is O=C(NCc1cccnc1-n1cncn1)C1CCCN1Cc1ccccc1. The summed E-state index contributed by atoms with van der Waals surface area (Å²) in [5.41, 5.74) is 2.14. The van der Waals surface area contributed by atoms with Crippen molar-refractivity contribution in [3.05, 3.63) is 72.4 Å². The van der Waals surface area contributed by atoms with Crippen LogP contribution < -0.4 is 5.32 Å². The van der Waals surface area contributed by atoms with E-state index in [0.29, 0.717) is 12.4 Å². The molecule has 3 heterocycles. The number of hydrogen-bond donors (Lipinski definition) is 1. The third kappa shape index (κ3) is 4.03. The number of hydrogen-bond acceptors (Lipinski definition) is 5. The number of carbonyl (C=O) groups is 1. The number of likely N-dealkylation sites (tertiary alicyclic amines) is 1. The van der Waals surface area contributed by atoms with Gasteiger partial charge in [0.05, 0.1) is 6.04 Å². The lowest BCUT2D eigenvalue weighted by Gasteiger charge is -2.24. The van der Waals surface area contributed by atoms with Crippen LogP contribution in [0.25, 0.3) is 5.82 Å². The summed E-state index contributed by atoms with van der Waals surface area (Å²) in [6.07, 6.45) is 6.72. The lowest BCUT2D eigenvalue weighted by molar-refractivity contribution is -0.125. The highest BCUT2D eigenvalue weighted by atomic mass is 16.2. The molecule has 7 nitrogen and oxygen atoms in total. The van der Waals surface area contributed by atoms with E-state index >= 15 is 0 Å². The minimum atomic E-state index is -0.0864. The average Bonchev–Trinajstić information content (AvgIpc) is 3.39. The number of aromatic nitrogens is 4. The van der Waals surface area contributed by atoms with Crippen molar-refractivity contribution in [2.24, 2.45) is 0 Å². The van der Waals surface area contributed by atoms with E-state index < -0.39 is 0 Å². The predicted molar refractivity (Wildman–Crippen MR) is 101 cm³/mol. The molecule has 1 aliphatic heterocycles. The molecule has 1 N–H and O–H groups in total. The molecule has 1 aromatic carbocycles. The summed E-state index contributed by atoms with van der Waals surface area (Å²) in [7, 11) is 0. The van der Waals surface area contributed by atoms with E-state index in [4.69, 9.17) is 0 Å². The van der Waals surface area contributed by atoms with Crippen molar-refractivity contribution in [3.63, 3.8) is 0 Å². The van der Waals surface area contributed by atoms with E-state index in [9.17, 15) is 4.79 Å². The topological polar surface area (TPSA) is 75.9 Å². The summed E-state index contributed by atoms with van der Waals surface area (Å²) in [6.45, 7) is 2.16. The van der Waals surface area contributed by atoms with Crippen LogP contribution in [0, 0.1) is 0 Å². The molecule has 2 aromatic heterocycles. The fraction of sp³-hybridized carbons (Fsp3) is 0.300. The normalized spacial score (nSPS) is 17.1. The van der Waals surface area contributed by atoms with Crippen LogP contribution in [0.3, 0.4) is 0 Å². The first-order valence-corrected chi connectivity index (χ1v) is 9.16. The van der Waals surface area contributed by atoms with Gasteiger partial charge in [-0.15, -0.1) is 0 Å². The zero-order chi connectivity index (χ0) is 18.5. The van der Waals surface area contributed by atoms with Crippen LogP contribution in [-0.2, 0) is 17.9 Å². The number of benzene rings is 1. The Morgan fingerprint density at radius 2 is 2.07 bits per heavy atom. The average molecular weight is 362 g/mol. The van der Waals surface area contributed by atoms with Gasteiger partial charge in [0, 0.05) is 24.8 Å². The van der Waals surface area contributed by atoms with Crippen molar-refractivity contribution >= 4 is 5.91 Å². The lowest BCUT2D eigenvalue weighted by atomic mass is 10.1. The number of pyridine rings is 1. The van der Waals surface area contributed by atoms with Crippen LogP contribution in [-0.4, -0.2) is 43.1 Å². The quantitative estimate of drug-likeness (QED) is 0.725. The van der Waals surface area contributed by atoms with Gasteiger partial charge in [0.1, 0.15) is 12.7 Å². The van der Waals surface area contributed by atoms with Gasteiger partial charge in [-0.05, 0) is 31.0 Å². The summed E-state index contributed by atoms with van der Waals surface area (Å²) in [4.78, 5) is 23.4. The zero-order valence-electron chi connectivity index (χ0n) is 15.0. The Balaban J connectivity index is 1.41. The number of nitrogens with zero attached hydrogens (tertiary/aromatic N) is 5. The Morgan fingerprint density at radius 3 is 2.89 bits per heavy atom. The van der Waals surface area contributed by atoms with Crippen LogP contribution in [0.15, 0.2) is 61.3 Å². The minimum absolute atomic E-state index is 0.0665. The molecule has 4 rings (SSSR count). The highest BCUT2D eigenvalue weighted by Crippen LogP contribution is 2.20. The van der Waals surface area contributed by atoms with E-state index in [-0.39, 0.29) is 11.9 Å². The number of rotatable bonds is 6. The van der Waals surface area contributed by atoms with Crippen LogP contribution in [0.4, 0.5) is 0 Å². The Morgan fingerprint density at radius 1 is 1.19 bits per heavy atom. The first-order valence-electron chi connectivity index (χ1n) is 9.16. The van der Waals surface area contributed by atoms with Gasteiger partial charge < -0.3 is 5.32 Å². The molecule has 0 aliphatic carbocycles. The molecule has 0 saturated carbocycles. The van der Waals surface area contributed by atoms with Gasteiger partial charge in [0.25, 0.3) is 0 Å². The van der Waals surface area contributed by atoms with Crippen molar-refractivity contribution in [3.8, 4) is 5.82 Å². The van der Waals surface area contributed by atoms with E-state index in [1.807, 2.05) is 30.3 Å². The molecule has 1 atom stereocenters. The van der Waals surface area contributed by atoms with Gasteiger partial charge in [-0.3, -0.25) is 9.69 Å². The third-order valence-electron chi connectivity index (χ3n) is 4.85. The highest BCUT2D eigenvalue weighted by molar-refractivity contribution is 5.82. The molecule has 3 aromatic rings. The van der Waals surface area contributed by atoms with Gasteiger partial charge in [0.15, 0.2) is 5.82 Å². The molecule has 138 valence electrons. The van der Waals surface area contributed by atoms with Crippen LogP contribution in [0.5, 0.6) is 0 Å². The maximum absolute atomic E-state index is 12.8. The summed E-state index contributed by atoms with van der Waals surface area (Å²) in [6, 6.07) is 14.0. The first kappa shape index (κ1) is 17.4. The van der Waals surface area contributed by atoms with Crippen LogP contribution >= 0.6 is 0 Å². The van der Waals surface area contributed by atoms with Crippen LogP contribution in [0.2, 0.25) is 0 Å². The zero-order valence-corrected chi connectivity index (χ0v) is 15.0. The number of carbonyl (C=O) groups excluding carboxylic acids is 1. The Bertz CT molecular complexity index is 881. The van der Waals surface area contributed by atoms with E-state index in [1.165, 1.54) is 11.9 Å². The summed E-state index contributed by atoms with van der Waals surface area (Å²) < 4.78 is 1.61. The highest BCUT2D eigenvalue weighted by Gasteiger charge is 2.30. The largest absolute Gasteiger partial charge is 0.351 e. The predicted octanol–water partition coefficient (Wildman–Crippen LogP) is 1.94. The molecule has 1 aliphatic rings. The molecule has 1 fully saturated rings. The van der Waals surface area contributed by atoms with Crippen molar-refractivity contribution < 1.29 is 4.79 Å². The van der Waals surface area contributed by atoms with E-state index in [1.54, 1.807) is 17.2 Å². The summed E-state index contributed by atoms with van der Waals surface area (Å²) >= 11 is 0. The molecule has 1 amide bonds. The third-order valence-corrected chi connectivity index (χ3v) is 4.85. The van der Waals surface area contributed by atoms with Gasteiger partial charge >= 0.3 is 0 Å². The molecule has 1 saturated heterocycles. The summed E-state index contributed by atoms with van der Waals surface area (Å²) in [5, 5.41) is 7.21. The minimum Gasteiger partial charge on any atom is -0.351 e. The molecule has 7 heteroatoms. The standard InChI is InChI=1S/C20H22N6O/c27-20(18-9-5-11-25(18)13-16-6-2-1-3-7-16)23-12-17-8-4-10-22-19(17)26-15-21-14-24-26/h1-4,6-8,10,14-15,18H,5,9,11-13H2,(H,23,27). The molecule has 1 unspecified atom stereocenters. The summed E-state index contributed by atoms with van der Waals surface area (Å²) in [5.74, 6) is 0.750. The Kier molecular flexibility index (Phi) is 5.20. The Hall–Kier alpha value is -3.06. The maximum atomic E-state index is 12.8. The van der Waals surface area contributed by atoms with Crippen LogP contribution in [0.1, 0.15) is 24.0 Å². The first-order chi connectivity index (χ1) is 13.3.